The maximum absolute atomic E-state index is 11.6. The average molecular weight is 349 g/mol. The maximum Gasteiger partial charge on any atom is 0.303 e. The largest absolute Gasteiger partial charge is 0.484 e. The normalized spacial score (nSPS) is 10.6. The van der Waals surface area contributed by atoms with Crippen LogP contribution in [-0.4, -0.2) is 35.7 Å². The summed E-state index contributed by atoms with van der Waals surface area (Å²) in [6, 6.07) is 6.80. The first-order valence-electron chi connectivity index (χ1n) is 8.02. The molecule has 0 atom stereocenters. The first-order valence-corrected chi connectivity index (χ1v) is 8.02. The highest BCUT2D eigenvalue weighted by atomic mass is 16.5. The SMILES string of the molecule is NC(=O)COc1ccc(/C=N/NC(=O)CCCCCCC(=O)O)cc1. The summed E-state index contributed by atoms with van der Waals surface area (Å²) in [7, 11) is 0. The summed E-state index contributed by atoms with van der Waals surface area (Å²) in [5.41, 5.74) is 8.19. The molecule has 1 aromatic carbocycles. The van der Waals surface area contributed by atoms with E-state index >= 15 is 0 Å². The van der Waals surface area contributed by atoms with Gasteiger partial charge in [0.1, 0.15) is 5.75 Å². The molecule has 0 saturated carbocycles. The van der Waals surface area contributed by atoms with E-state index in [1.54, 1.807) is 24.3 Å². The van der Waals surface area contributed by atoms with Gasteiger partial charge < -0.3 is 15.6 Å². The molecular formula is C17H23N3O5. The number of nitrogens with two attached hydrogens (primary N) is 1. The Kier molecular flexibility index (Phi) is 9.35. The van der Waals surface area contributed by atoms with Crippen LogP contribution in [0.5, 0.6) is 5.75 Å². The predicted molar refractivity (Wildman–Crippen MR) is 92.2 cm³/mol. The zero-order chi connectivity index (χ0) is 18.5. The molecule has 1 rings (SSSR count). The van der Waals surface area contributed by atoms with Crippen LogP contribution < -0.4 is 15.9 Å². The van der Waals surface area contributed by atoms with Crippen molar-refractivity contribution >= 4 is 24.0 Å². The number of hydrogen-bond acceptors (Lipinski definition) is 5. The molecule has 25 heavy (non-hydrogen) atoms. The Morgan fingerprint density at radius 1 is 1.08 bits per heavy atom. The lowest BCUT2D eigenvalue weighted by molar-refractivity contribution is -0.137. The molecule has 4 N–H and O–H groups in total. The highest BCUT2D eigenvalue weighted by molar-refractivity contribution is 5.82. The van der Waals surface area contributed by atoms with E-state index in [1.807, 2.05) is 0 Å². The van der Waals surface area contributed by atoms with Crippen LogP contribution >= 0.6 is 0 Å². The molecule has 0 heterocycles. The van der Waals surface area contributed by atoms with Crippen LogP contribution in [0.2, 0.25) is 0 Å². The van der Waals surface area contributed by atoms with Crippen molar-refractivity contribution in [3.8, 4) is 5.75 Å². The van der Waals surface area contributed by atoms with Gasteiger partial charge in [0.05, 0.1) is 6.21 Å². The predicted octanol–water partition coefficient (Wildman–Crippen LogP) is 1.43. The lowest BCUT2D eigenvalue weighted by Crippen LogP contribution is -2.20. The number of carboxylic acid groups (broad SMARTS) is 1. The van der Waals surface area contributed by atoms with Gasteiger partial charge in [0.2, 0.25) is 5.91 Å². The van der Waals surface area contributed by atoms with E-state index in [4.69, 9.17) is 15.6 Å². The zero-order valence-electron chi connectivity index (χ0n) is 13.9. The monoisotopic (exact) mass is 349 g/mol. The van der Waals surface area contributed by atoms with Crippen molar-refractivity contribution in [1.29, 1.82) is 0 Å². The minimum atomic E-state index is -0.792. The van der Waals surface area contributed by atoms with Crippen molar-refractivity contribution in [1.82, 2.24) is 5.43 Å². The van der Waals surface area contributed by atoms with E-state index in [0.717, 1.165) is 18.4 Å². The molecule has 136 valence electrons. The quantitative estimate of drug-likeness (QED) is 0.298. The third-order valence-corrected chi connectivity index (χ3v) is 3.21. The fourth-order valence-corrected chi connectivity index (χ4v) is 1.95. The minimum Gasteiger partial charge on any atom is -0.484 e. The number of carbonyl (C=O) groups is 3. The number of hydrazone groups is 1. The number of nitrogens with one attached hydrogen (secondary N) is 1. The summed E-state index contributed by atoms with van der Waals surface area (Å²) in [5, 5.41) is 12.4. The van der Waals surface area contributed by atoms with Gasteiger partial charge in [-0.2, -0.15) is 5.10 Å². The molecule has 8 nitrogen and oxygen atoms in total. The molecule has 8 heteroatoms. The molecule has 1 aromatic rings. The van der Waals surface area contributed by atoms with Crippen LogP contribution in [-0.2, 0) is 14.4 Å². The second-order valence-electron chi connectivity index (χ2n) is 5.43. The standard InChI is InChI=1S/C17H23N3O5/c18-15(21)12-25-14-9-7-13(8-10-14)11-19-20-16(22)5-3-1-2-4-6-17(23)24/h7-11H,1-6,12H2,(H2,18,21)(H,20,22)(H,23,24)/b19-11+. The summed E-state index contributed by atoms with van der Waals surface area (Å²) in [6.07, 6.45) is 4.97. The van der Waals surface area contributed by atoms with Crippen molar-refractivity contribution < 1.29 is 24.2 Å². The lowest BCUT2D eigenvalue weighted by atomic mass is 10.1. The van der Waals surface area contributed by atoms with Crippen LogP contribution in [0.25, 0.3) is 0 Å². The maximum atomic E-state index is 11.6. The molecule has 0 aliphatic carbocycles. The fourth-order valence-electron chi connectivity index (χ4n) is 1.95. The van der Waals surface area contributed by atoms with Gasteiger partial charge in [-0.15, -0.1) is 0 Å². The Balaban J connectivity index is 2.20. The van der Waals surface area contributed by atoms with Crippen molar-refractivity contribution in [2.45, 2.75) is 38.5 Å². The van der Waals surface area contributed by atoms with Crippen molar-refractivity contribution in [2.24, 2.45) is 10.8 Å². The Morgan fingerprint density at radius 2 is 1.72 bits per heavy atom. The summed E-state index contributed by atoms with van der Waals surface area (Å²) >= 11 is 0. The Hall–Kier alpha value is -2.90. The number of rotatable bonds is 12. The number of nitrogens with zero attached hydrogens (tertiary/aromatic N) is 1. The first kappa shape index (κ1) is 20.1. The molecule has 0 aliphatic heterocycles. The lowest BCUT2D eigenvalue weighted by Gasteiger charge is -2.03. The Morgan fingerprint density at radius 3 is 2.32 bits per heavy atom. The average Bonchev–Trinajstić information content (AvgIpc) is 2.57. The molecule has 0 saturated heterocycles. The zero-order valence-corrected chi connectivity index (χ0v) is 13.9. The molecule has 0 radical (unpaired) electrons. The van der Waals surface area contributed by atoms with Gasteiger partial charge in [-0.05, 0) is 42.7 Å². The Bertz CT molecular complexity index is 599. The van der Waals surface area contributed by atoms with Gasteiger partial charge >= 0.3 is 5.97 Å². The van der Waals surface area contributed by atoms with Gasteiger partial charge in [0, 0.05) is 12.8 Å². The second-order valence-corrected chi connectivity index (χ2v) is 5.43. The highest BCUT2D eigenvalue weighted by Gasteiger charge is 2.01. The van der Waals surface area contributed by atoms with Crippen LogP contribution in [0.3, 0.4) is 0 Å². The number of carbonyl (C=O) groups excluding carboxylic acids is 2. The van der Waals surface area contributed by atoms with Crippen LogP contribution in [0.4, 0.5) is 0 Å². The van der Waals surface area contributed by atoms with Gasteiger partial charge in [0.25, 0.3) is 5.91 Å². The van der Waals surface area contributed by atoms with E-state index in [2.05, 4.69) is 10.5 Å². The molecule has 0 bridgehead atoms. The van der Waals surface area contributed by atoms with Crippen LogP contribution in [0, 0.1) is 0 Å². The number of primary amides is 1. The van der Waals surface area contributed by atoms with Crippen molar-refractivity contribution in [3.63, 3.8) is 0 Å². The smallest absolute Gasteiger partial charge is 0.303 e. The third kappa shape index (κ3) is 10.5. The molecule has 0 aliphatic rings. The number of amides is 2. The fraction of sp³-hybridized carbons (Fsp3) is 0.412. The number of benzene rings is 1. The second kappa shape index (κ2) is 11.6. The van der Waals surface area contributed by atoms with E-state index < -0.39 is 11.9 Å². The molecular weight excluding hydrogens is 326 g/mol. The van der Waals surface area contributed by atoms with Crippen LogP contribution in [0.15, 0.2) is 29.4 Å². The van der Waals surface area contributed by atoms with Crippen molar-refractivity contribution in [2.75, 3.05) is 6.61 Å². The van der Waals surface area contributed by atoms with Crippen molar-refractivity contribution in [3.05, 3.63) is 29.8 Å². The van der Waals surface area contributed by atoms with E-state index in [0.29, 0.717) is 25.0 Å². The topological polar surface area (TPSA) is 131 Å². The number of carboxylic acids is 1. The summed E-state index contributed by atoms with van der Waals surface area (Å²) in [6.45, 7) is -0.181. The van der Waals surface area contributed by atoms with Gasteiger partial charge in [0.15, 0.2) is 6.61 Å². The van der Waals surface area contributed by atoms with Gasteiger partial charge in [-0.1, -0.05) is 12.8 Å². The van der Waals surface area contributed by atoms with Gasteiger partial charge in [-0.3, -0.25) is 14.4 Å². The molecule has 0 aromatic heterocycles. The number of unbranched alkanes of at least 4 members (excludes halogenated alkanes) is 3. The molecule has 0 spiro atoms. The minimum absolute atomic E-state index is 0.169. The number of aliphatic carboxylic acids is 1. The van der Waals surface area contributed by atoms with Gasteiger partial charge in [-0.25, -0.2) is 5.43 Å². The number of hydrogen-bond donors (Lipinski definition) is 3. The first-order chi connectivity index (χ1) is 12.0. The number of ether oxygens (including phenoxy) is 1. The summed E-state index contributed by atoms with van der Waals surface area (Å²) < 4.78 is 5.13. The highest BCUT2D eigenvalue weighted by Crippen LogP contribution is 2.10. The van der Waals surface area contributed by atoms with Crippen LogP contribution in [0.1, 0.15) is 44.1 Å². The van der Waals surface area contributed by atoms with E-state index in [1.165, 1.54) is 6.21 Å². The molecule has 0 unspecified atom stereocenters. The molecule has 2 amide bonds. The van der Waals surface area contributed by atoms with E-state index in [9.17, 15) is 14.4 Å². The third-order valence-electron chi connectivity index (χ3n) is 3.21. The van der Waals surface area contributed by atoms with E-state index in [-0.39, 0.29) is 18.9 Å². The molecule has 0 fully saturated rings. The Labute approximate surface area is 146 Å². The summed E-state index contributed by atoms with van der Waals surface area (Å²) in [4.78, 5) is 32.6. The summed E-state index contributed by atoms with van der Waals surface area (Å²) in [5.74, 6) is -1.01.